The van der Waals surface area contributed by atoms with Crippen molar-refractivity contribution < 1.29 is 23.8 Å². The molecule has 1 saturated heterocycles. The van der Waals surface area contributed by atoms with Gasteiger partial charge in [-0.05, 0) is 74.2 Å². The first-order valence-electron chi connectivity index (χ1n) is 10.9. The number of carbonyl (C=O) groups excluding carboxylic acids is 2. The number of nitrogens with one attached hydrogen (secondary N) is 1. The largest absolute Gasteiger partial charge is 0.491 e. The van der Waals surface area contributed by atoms with Gasteiger partial charge in [-0.15, -0.1) is 0 Å². The highest BCUT2D eigenvalue weighted by molar-refractivity contribution is 6.32. The number of anilines is 2. The highest BCUT2D eigenvalue weighted by Crippen LogP contribution is 2.36. The molecular weight excluding hydrogens is 444 g/mol. The smallest absolute Gasteiger partial charge is 0.331 e. The van der Waals surface area contributed by atoms with Crippen LogP contribution in [0.25, 0.3) is 6.08 Å². The summed E-state index contributed by atoms with van der Waals surface area (Å²) in [4.78, 5) is 26.6. The predicted octanol–water partition coefficient (Wildman–Crippen LogP) is 4.85. The van der Waals surface area contributed by atoms with E-state index in [1.807, 2.05) is 26.0 Å². The van der Waals surface area contributed by atoms with Crippen LogP contribution in [0.4, 0.5) is 11.4 Å². The van der Waals surface area contributed by atoms with Gasteiger partial charge in [0.25, 0.3) is 5.91 Å². The molecule has 0 atom stereocenters. The Morgan fingerprint density at radius 3 is 2.61 bits per heavy atom. The summed E-state index contributed by atoms with van der Waals surface area (Å²) in [5, 5.41) is 3.16. The Morgan fingerprint density at radius 2 is 1.94 bits per heavy atom. The zero-order chi connectivity index (χ0) is 23.8. The minimum atomic E-state index is -0.642. The molecule has 8 heteroatoms. The summed E-state index contributed by atoms with van der Waals surface area (Å²) < 4.78 is 15.8. The maximum Gasteiger partial charge on any atom is 0.331 e. The maximum atomic E-state index is 12.2. The molecule has 176 valence electrons. The summed E-state index contributed by atoms with van der Waals surface area (Å²) in [5.74, 6) is -0.138. The fourth-order valence-electron chi connectivity index (χ4n) is 3.64. The molecule has 3 rings (SSSR count). The number of rotatable bonds is 9. The number of carbonyl (C=O) groups is 2. The fraction of sp³-hybridized carbons (Fsp3) is 0.360. The molecule has 0 aliphatic carbocycles. The van der Waals surface area contributed by atoms with E-state index >= 15 is 0 Å². The molecule has 33 heavy (non-hydrogen) atoms. The zero-order valence-electron chi connectivity index (χ0n) is 19.2. The third-order valence-corrected chi connectivity index (χ3v) is 5.53. The van der Waals surface area contributed by atoms with Crippen LogP contribution in [0.2, 0.25) is 5.02 Å². The number of amides is 1. The molecule has 1 aliphatic heterocycles. The molecule has 2 aromatic carbocycles. The normalized spacial score (nSPS) is 13.3. The van der Waals surface area contributed by atoms with Gasteiger partial charge >= 0.3 is 5.97 Å². The average molecular weight is 473 g/mol. The molecule has 1 fully saturated rings. The topological polar surface area (TPSA) is 77.1 Å². The second-order valence-corrected chi connectivity index (χ2v) is 8.06. The van der Waals surface area contributed by atoms with Gasteiger partial charge < -0.3 is 24.4 Å². The monoisotopic (exact) mass is 472 g/mol. The van der Waals surface area contributed by atoms with Gasteiger partial charge in [-0.3, -0.25) is 4.79 Å². The van der Waals surface area contributed by atoms with Gasteiger partial charge in [0.1, 0.15) is 0 Å². The van der Waals surface area contributed by atoms with Crippen LogP contribution in [0.5, 0.6) is 11.5 Å². The standard InChI is InChI=1S/C25H29ClN2O5/c1-4-32-22-15-18(14-20(26)25(22)31-3)7-10-24(30)33-16-23(29)27-21-9-8-19(13-17(21)2)28-11-5-6-12-28/h7-10,13-15H,4-6,11-12,16H2,1-3H3,(H,27,29)/b10-7+. The predicted molar refractivity (Wildman–Crippen MR) is 130 cm³/mol. The van der Waals surface area contributed by atoms with Crippen molar-refractivity contribution in [1.82, 2.24) is 0 Å². The molecule has 0 saturated carbocycles. The van der Waals surface area contributed by atoms with E-state index in [1.165, 1.54) is 32.1 Å². The fourth-order valence-corrected chi connectivity index (χ4v) is 3.94. The van der Waals surface area contributed by atoms with Crippen molar-refractivity contribution in [3.63, 3.8) is 0 Å². The number of halogens is 1. The third kappa shape index (κ3) is 6.65. The van der Waals surface area contributed by atoms with E-state index in [1.54, 1.807) is 12.1 Å². The van der Waals surface area contributed by atoms with Gasteiger partial charge in [-0.25, -0.2) is 4.79 Å². The van der Waals surface area contributed by atoms with Crippen molar-refractivity contribution in [2.45, 2.75) is 26.7 Å². The van der Waals surface area contributed by atoms with Crippen LogP contribution >= 0.6 is 11.6 Å². The van der Waals surface area contributed by atoms with E-state index in [2.05, 4.69) is 16.3 Å². The van der Waals surface area contributed by atoms with Gasteiger partial charge in [0.15, 0.2) is 18.1 Å². The summed E-state index contributed by atoms with van der Waals surface area (Å²) in [7, 11) is 1.51. The van der Waals surface area contributed by atoms with E-state index in [-0.39, 0.29) is 6.61 Å². The number of esters is 1. The molecule has 0 radical (unpaired) electrons. The number of aryl methyl sites for hydroxylation is 1. The number of methoxy groups -OCH3 is 1. The van der Waals surface area contributed by atoms with Gasteiger partial charge in [0.2, 0.25) is 0 Å². The number of nitrogens with zero attached hydrogens (tertiary/aromatic N) is 1. The molecule has 0 aromatic heterocycles. The first-order chi connectivity index (χ1) is 15.9. The van der Waals surface area contributed by atoms with Crippen molar-refractivity contribution in [1.29, 1.82) is 0 Å². The first kappa shape index (κ1) is 24.5. The molecule has 1 heterocycles. The summed E-state index contributed by atoms with van der Waals surface area (Å²) in [6, 6.07) is 9.30. The molecule has 1 amide bonds. The van der Waals surface area contributed by atoms with Crippen LogP contribution in [0.3, 0.4) is 0 Å². The lowest BCUT2D eigenvalue weighted by molar-refractivity contribution is -0.142. The lowest BCUT2D eigenvalue weighted by Crippen LogP contribution is -2.21. The van der Waals surface area contributed by atoms with E-state index in [4.69, 9.17) is 25.8 Å². The number of ether oxygens (including phenoxy) is 3. The second kappa shape index (κ2) is 11.6. The minimum absolute atomic E-state index is 0.363. The highest BCUT2D eigenvalue weighted by Gasteiger charge is 2.14. The summed E-state index contributed by atoms with van der Waals surface area (Å²) in [6.07, 6.45) is 5.18. The Kier molecular flexibility index (Phi) is 8.60. The highest BCUT2D eigenvalue weighted by atomic mass is 35.5. The van der Waals surface area contributed by atoms with Crippen molar-refractivity contribution >= 4 is 40.9 Å². The molecule has 7 nitrogen and oxygen atoms in total. The Hall–Kier alpha value is -3.19. The first-order valence-corrected chi connectivity index (χ1v) is 11.3. The van der Waals surface area contributed by atoms with Crippen LogP contribution in [0.15, 0.2) is 36.4 Å². The zero-order valence-corrected chi connectivity index (χ0v) is 19.9. The maximum absolute atomic E-state index is 12.2. The Morgan fingerprint density at radius 1 is 1.18 bits per heavy atom. The number of hydrogen-bond donors (Lipinski definition) is 1. The summed E-state index contributed by atoms with van der Waals surface area (Å²) >= 11 is 6.21. The van der Waals surface area contributed by atoms with Crippen molar-refractivity contribution in [3.8, 4) is 11.5 Å². The Bertz CT molecular complexity index is 1030. The van der Waals surface area contributed by atoms with Crippen molar-refractivity contribution in [2.75, 3.05) is 43.6 Å². The quantitative estimate of drug-likeness (QED) is 0.415. The van der Waals surface area contributed by atoms with Crippen LogP contribution < -0.4 is 19.7 Å². The third-order valence-electron chi connectivity index (χ3n) is 5.25. The Labute approximate surface area is 199 Å². The van der Waals surface area contributed by atoms with E-state index in [0.717, 1.165) is 24.3 Å². The van der Waals surface area contributed by atoms with E-state index < -0.39 is 11.9 Å². The summed E-state index contributed by atoms with van der Waals surface area (Å²) in [6.45, 7) is 5.97. The van der Waals surface area contributed by atoms with E-state index in [0.29, 0.717) is 34.4 Å². The SMILES string of the molecule is CCOc1cc(/C=C/C(=O)OCC(=O)Nc2ccc(N3CCCC3)cc2C)cc(Cl)c1OC. The molecule has 0 unspecified atom stereocenters. The minimum Gasteiger partial charge on any atom is -0.491 e. The molecule has 0 bridgehead atoms. The lowest BCUT2D eigenvalue weighted by Gasteiger charge is -2.19. The second-order valence-electron chi connectivity index (χ2n) is 7.65. The average Bonchev–Trinajstić information content (AvgIpc) is 3.33. The van der Waals surface area contributed by atoms with Gasteiger partial charge in [-0.2, -0.15) is 0 Å². The van der Waals surface area contributed by atoms with Gasteiger partial charge in [0, 0.05) is 30.5 Å². The van der Waals surface area contributed by atoms with Crippen LogP contribution in [-0.4, -0.2) is 45.3 Å². The molecular formula is C25H29ClN2O5. The lowest BCUT2D eigenvalue weighted by atomic mass is 10.1. The van der Waals surface area contributed by atoms with Crippen molar-refractivity contribution in [2.24, 2.45) is 0 Å². The molecule has 0 spiro atoms. The van der Waals surface area contributed by atoms with Gasteiger partial charge in [0.05, 0.1) is 18.7 Å². The van der Waals surface area contributed by atoms with Crippen LogP contribution in [0.1, 0.15) is 30.9 Å². The number of benzene rings is 2. The molecule has 2 aromatic rings. The van der Waals surface area contributed by atoms with Crippen molar-refractivity contribution in [3.05, 3.63) is 52.6 Å². The number of hydrogen-bond acceptors (Lipinski definition) is 6. The Balaban J connectivity index is 1.53. The molecule has 1 aliphatic rings. The van der Waals surface area contributed by atoms with Crippen LogP contribution in [-0.2, 0) is 14.3 Å². The summed E-state index contributed by atoms with van der Waals surface area (Å²) in [5.41, 5.74) is 3.45. The van der Waals surface area contributed by atoms with Gasteiger partial charge in [-0.1, -0.05) is 11.6 Å². The van der Waals surface area contributed by atoms with Crippen LogP contribution in [0, 0.1) is 6.92 Å². The van der Waals surface area contributed by atoms with E-state index in [9.17, 15) is 9.59 Å². The molecule has 1 N–H and O–H groups in total.